The van der Waals surface area contributed by atoms with Crippen LogP contribution in [0.5, 0.6) is 5.88 Å². The fourth-order valence-electron chi connectivity index (χ4n) is 7.24. The molecule has 0 aliphatic carbocycles. The van der Waals surface area contributed by atoms with Crippen molar-refractivity contribution in [3.63, 3.8) is 0 Å². The predicted octanol–water partition coefficient (Wildman–Crippen LogP) is 6.37. The first-order valence-electron chi connectivity index (χ1n) is 17.0. The number of pyridine rings is 1. The van der Waals surface area contributed by atoms with Crippen molar-refractivity contribution < 1.29 is 13.7 Å². The van der Waals surface area contributed by atoms with E-state index >= 15 is 0 Å². The van der Waals surface area contributed by atoms with Gasteiger partial charge in [-0.1, -0.05) is 0 Å². The van der Waals surface area contributed by atoms with Crippen LogP contribution in [-0.2, 0) is 11.6 Å². The van der Waals surface area contributed by atoms with Crippen LogP contribution in [0.2, 0.25) is 0 Å². The van der Waals surface area contributed by atoms with E-state index in [1.807, 2.05) is 37.6 Å². The molecule has 2 aliphatic heterocycles. The summed E-state index contributed by atoms with van der Waals surface area (Å²) in [5.74, 6) is 2.03. The van der Waals surface area contributed by atoms with Crippen LogP contribution in [0, 0.1) is 5.41 Å². The van der Waals surface area contributed by atoms with Crippen molar-refractivity contribution >= 4 is 68.4 Å². The molecule has 2 aliphatic rings. The highest BCUT2D eigenvalue weighted by Crippen LogP contribution is 2.45. The monoisotopic (exact) mass is 777 g/mol. The minimum absolute atomic E-state index is 0.285. The maximum absolute atomic E-state index is 13.5. The number of nitrogens with zero attached hydrogens (tertiary/aromatic N) is 9. The summed E-state index contributed by atoms with van der Waals surface area (Å²) >= 11 is 3.58. The van der Waals surface area contributed by atoms with Gasteiger partial charge in [-0.15, -0.1) is 0 Å². The van der Waals surface area contributed by atoms with Crippen LogP contribution in [0.4, 0.5) is 33.3 Å². The van der Waals surface area contributed by atoms with Crippen LogP contribution in [-0.4, -0.2) is 99.4 Å². The van der Waals surface area contributed by atoms with Crippen molar-refractivity contribution in [2.45, 2.75) is 25.7 Å². The number of aryl methyl sites for hydroxylation is 1. The maximum Gasteiger partial charge on any atom is 0.239 e. The second kappa shape index (κ2) is 14.4. The number of methoxy groups -OCH3 is 1. The molecule has 268 valence electrons. The normalized spacial score (nSPS) is 16.5. The second-order valence-electron chi connectivity index (χ2n) is 13.7. The number of fused-ring (bicyclic) bond motifs is 1. The van der Waals surface area contributed by atoms with E-state index in [0.29, 0.717) is 61.8 Å². The summed E-state index contributed by atoms with van der Waals surface area (Å²) < 4.78 is 34.7. The highest BCUT2D eigenvalue weighted by atomic mass is 79.9. The van der Waals surface area contributed by atoms with E-state index in [0.717, 1.165) is 68.8 Å². The second-order valence-corrected chi connectivity index (χ2v) is 17.7. The Morgan fingerprint density at radius 2 is 1.73 bits per heavy atom. The summed E-state index contributed by atoms with van der Waals surface area (Å²) in [5, 5.41) is 11.7. The highest BCUT2D eigenvalue weighted by Gasteiger charge is 2.38. The third-order valence-electron chi connectivity index (χ3n) is 10.0. The summed E-state index contributed by atoms with van der Waals surface area (Å²) in [4.78, 5) is 27.9. The van der Waals surface area contributed by atoms with Crippen molar-refractivity contribution in [2.24, 2.45) is 12.5 Å². The van der Waals surface area contributed by atoms with Crippen LogP contribution < -0.4 is 25.6 Å². The Morgan fingerprint density at radius 1 is 0.980 bits per heavy atom. The number of benzene rings is 1. The Balaban J connectivity index is 1.18. The number of alkyl halides is 1. The van der Waals surface area contributed by atoms with E-state index in [1.165, 1.54) is 0 Å². The van der Waals surface area contributed by atoms with E-state index in [-0.39, 0.29) is 6.67 Å². The molecule has 2 N–H and O–H groups in total. The lowest BCUT2D eigenvalue weighted by Gasteiger charge is -2.47. The average molecular weight is 779 g/mol. The molecule has 1 spiro atoms. The maximum atomic E-state index is 13.5. The number of halogens is 2. The van der Waals surface area contributed by atoms with Crippen LogP contribution in [0.3, 0.4) is 0 Å². The molecule has 51 heavy (non-hydrogen) atoms. The SMILES string of the molecule is COc1nc(N2CCC3(CCN(CCF)CC3)CC2)c(-c2cnn(C)c2)cc1Nc1ncc(Br)c(Nc2ccc3nccnc3c2P(C)(C)=O)n1. The Morgan fingerprint density at radius 3 is 2.41 bits per heavy atom. The van der Waals surface area contributed by atoms with Crippen LogP contribution in [0.15, 0.2) is 53.7 Å². The number of likely N-dealkylation sites (tertiary alicyclic amines) is 1. The summed E-state index contributed by atoms with van der Waals surface area (Å²) in [6.07, 6.45) is 13.0. The van der Waals surface area contributed by atoms with E-state index in [4.69, 9.17) is 14.7 Å². The fourth-order valence-corrected chi connectivity index (χ4v) is 8.92. The van der Waals surface area contributed by atoms with Crippen LogP contribution >= 0.6 is 23.1 Å². The first-order chi connectivity index (χ1) is 24.6. The topological polar surface area (TPSA) is 139 Å². The van der Waals surface area contributed by atoms with Gasteiger partial charge >= 0.3 is 0 Å². The molecule has 5 aromatic rings. The first kappa shape index (κ1) is 35.2. The van der Waals surface area contributed by atoms with Crippen LogP contribution in [0.1, 0.15) is 25.7 Å². The van der Waals surface area contributed by atoms with Crippen molar-refractivity contribution in [1.29, 1.82) is 0 Å². The third kappa shape index (κ3) is 7.42. The largest absolute Gasteiger partial charge is 0.479 e. The number of hydrogen-bond acceptors (Lipinski definition) is 12. The molecule has 0 bridgehead atoms. The molecule has 4 aromatic heterocycles. The third-order valence-corrected chi connectivity index (χ3v) is 12.1. The summed E-state index contributed by atoms with van der Waals surface area (Å²) in [7, 11) is 0.713. The van der Waals surface area contributed by atoms with Gasteiger partial charge in [0.15, 0.2) is 0 Å². The van der Waals surface area contributed by atoms with Gasteiger partial charge in [-0.2, -0.15) is 15.1 Å². The molecule has 0 amide bonds. The quantitative estimate of drug-likeness (QED) is 0.152. The van der Waals surface area contributed by atoms with Crippen molar-refractivity contribution in [3.05, 3.63) is 53.7 Å². The number of hydrogen-bond donors (Lipinski definition) is 2. The standard InChI is InChI=1S/C35H42BrFN11O2P/c1-46-22-23(20-41-46)24-19-28(33(50-2)45-32(24)48-16-9-35(10-17-48)7-14-47(15-8-35)18-11-37)43-34-40-21-25(36)31(44-34)42-27-6-5-26-29(39-13-12-38-26)30(27)51(3,4)49/h5-6,12-13,19-22H,7-11,14-18H2,1-4H3,(H2,40,42,43,44). The zero-order chi connectivity index (χ0) is 35.8. The molecular weight excluding hydrogens is 736 g/mol. The van der Waals surface area contributed by atoms with Gasteiger partial charge < -0.3 is 29.7 Å². The predicted molar refractivity (Wildman–Crippen MR) is 203 cm³/mol. The number of ether oxygens (including phenoxy) is 1. The van der Waals surface area contributed by atoms with Crippen molar-refractivity contribution in [1.82, 2.24) is 39.6 Å². The van der Waals surface area contributed by atoms with Crippen molar-refractivity contribution in [3.8, 4) is 17.0 Å². The molecule has 16 heteroatoms. The smallest absolute Gasteiger partial charge is 0.239 e. The van der Waals surface area contributed by atoms with Gasteiger partial charge in [-0.25, -0.2) is 9.37 Å². The number of anilines is 5. The minimum atomic E-state index is -2.79. The molecular formula is C35H42BrFN11O2P. The molecule has 6 heterocycles. The average Bonchev–Trinajstić information content (AvgIpc) is 3.56. The van der Waals surface area contributed by atoms with Gasteiger partial charge in [0, 0.05) is 62.6 Å². The number of rotatable bonds is 10. The lowest BCUT2D eigenvalue weighted by molar-refractivity contribution is 0.0763. The number of nitrogens with one attached hydrogen (secondary N) is 2. The van der Waals surface area contributed by atoms with E-state index < -0.39 is 7.14 Å². The lowest BCUT2D eigenvalue weighted by Crippen LogP contribution is -2.47. The molecule has 0 unspecified atom stereocenters. The van der Waals surface area contributed by atoms with Gasteiger partial charge in [0.2, 0.25) is 11.8 Å². The fraction of sp³-hybridized carbons (Fsp3) is 0.429. The van der Waals surface area contributed by atoms with E-state index in [1.54, 1.807) is 43.7 Å². The Kier molecular flexibility index (Phi) is 9.97. The lowest BCUT2D eigenvalue weighted by atomic mass is 9.71. The molecule has 1 aromatic carbocycles. The minimum Gasteiger partial charge on any atom is -0.479 e. The highest BCUT2D eigenvalue weighted by molar-refractivity contribution is 9.10. The molecule has 0 saturated carbocycles. The Bertz CT molecular complexity index is 2090. The summed E-state index contributed by atoms with van der Waals surface area (Å²) in [5.41, 5.74) is 4.60. The molecule has 0 atom stereocenters. The zero-order valence-electron chi connectivity index (χ0n) is 29.2. The molecule has 7 rings (SSSR count). The van der Waals surface area contributed by atoms with Gasteiger partial charge in [-0.05, 0) is 91.6 Å². The number of piperidine rings is 2. The van der Waals surface area contributed by atoms with Gasteiger partial charge in [0.25, 0.3) is 0 Å². The Hall–Kier alpha value is -4.20. The Labute approximate surface area is 305 Å². The number of aromatic nitrogens is 7. The van der Waals surface area contributed by atoms with E-state index in [2.05, 4.69) is 56.4 Å². The van der Waals surface area contributed by atoms with Gasteiger partial charge in [-0.3, -0.25) is 14.6 Å². The first-order valence-corrected chi connectivity index (χ1v) is 20.4. The van der Waals surface area contributed by atoms with Gasteiger partial charge in [0.1, 0.15) is 36.7 Å². The molecule has 2 saturated heterocycles. The van der Waals surface area contributed by atoms with Crippen LogP contribution in [0.25, 0.3) is 22.2 Å². The summed E-state index contributed by atoms with van der Waals surface area (Å²) in [6, 6.07) is 5.70. The zero-order valence-corrected chi connectivity index (χ0v) is 31.7. The molecule has 2 fully saturated rings. The van der Waals surface area contributed by atoms with Crippen molar-refractivity contribution in [2.75, 3.05) is 75.4 Å². The summed E-state index contributed by atoms with van der Waals surface area (Å²) in [6.45, 7) is 7.34. The van der Waals surface area contributed by atoms with E-state index in [9.17, 15) is 8.96 Å². The molecule has 0 radical (unpaired) electrons. The molecule has 13 nitrogen and oxygen atoms in total. The van der Waals surface area contributed by atoms with Gasteiger partial charge in [0.05, 0.1) is 34.3 Å².